The predicted molar refractivity (Wildman–Crippen MR) is 128 cm³/mol. The molecule has 34 heavy (non-hydrogen) atoms. The second-order valence-electron chi connectivity index (χ2n) is 9.72. The van der Waals surface area contributed by atoms with E-state index in [0.717, 1.165) is 12.2 Å². The normalized spacial score (nSPS) is 22.0. The number of carbonyl (C=O) groups is 2. The van der Waals surface area contributed by atoms with Crippen molar-refractivity contribution < 1.29 is 28.9 Å². The van der Waals surface area contributed by atoms with Gasteiger partial charge in [-0.1, -0.05) is 12.1 Å². The molecule has 0 bridgehead atoms. The van der Waals surface area contributed by atoms with E-state index in [9.17, 15) is 14.7 Å². The van der Waals surface area contributed by atoms with Crippen molar-refractivity contribution in [2.24, 2.45) is 10.9 Å². The average molecular weight is 476 g/mol. The van der Waals surface area contributed by atoms with E-state index in [1.165, 1.54) is 10.5 Å². The number of aliphatic hydroxyl groups is 1. The summed E-state index contributed by atoms with van der Waals surface area (Å²) in [5.74, 6) is 1.88. The molecule has 9 heteroatoms. The Hall–Kier alpha value is -2.81. The summed E-state index contributed by atoms with van der Waals surface area (Å²) in [6.45, 7) is 9.09. The van der Waals surface area contributed by atoms with Crippen LogP contribution in [0.25, 0.3) is 0 Å². The molecule has 2 N–H and O–H groups in total. The number of amides is 1. The van der Waals surface area contributed by atoms with Crippen molar-refractivity contribution in [1.29, 1.82) is 0 Å². The summed E-state index contributed by atoms with van der Waals surface area (Å²) in [6.07, 6.45) is 0.968. The van der Waals surface area contributed by atoms with E-state index in [2.05, 4.69) is 22.4 Å². The van der Waals surface area contributed by atoms with Crippen molar-refractivity contribution in [3.05, 3.63) is 29.8 Å². The van der Waals surface area contributed by atoms with E-state index < -0.39 is 17.8 Å². The number of guanidine groups is 1. The first-order chi connectivity index (χ1) is 16.2. The zero-order valence-corrected chi connectivity index (χ0v) is 20.6. The lowest BCUT2D eigenvalue weighted by atomic mass is 10.1. The van der Waals surface area contributed by atoms with Gasteiger partial charge in [0.15, 0.2) is 0 Å². The molecule has 1 aromatic carbocycles. The fourth-order valence-corrected chi connectivity index (χ4v) is 3.85. The molecule has 188 valence electrons. The average Bonchev–Trinajstić information content (AvgIpc) is 3.52. The number of β-amino-alcohol motifs (C(OH)–C–C–N with tert-alkyl or cyclic N) is 1. The van der Waals surface area contributed by atoms with Gasteiger partial charge in [-0.3, -0.25) is 4.79 Å². The predicted octanol–water partition coefficient (Wildman–Crippen LogP) is 3.07. The lowest BCUT2D eigenvalue weighted by Crippen LogP contribution is -2.53. The van der Waals surface area contributed by atoms with Gasteiger partial charge in [-0.15, -0.1) is 0 Å². The summed E-state index contributed by atoms with van der Waals surface area (Å²) >= 11 is 0. The molecule has 3 rings (SSSR count). The summed E-state index contributed by atoms with van der Waals surface area (Å²) in [4.78, 5) is 29.7. The molecule has 0 saturated heterocycles. The summed E-state index contributed by atoms with van der Waals surface area (Å²) < 4.78 is 16.3. The van der Waals surface area contributed by atoms with Crippen LogP contribution >= 0.6 is 0 Å². The third kappa shape index (κ3) is 7.90. The molecule has 3 atom stereocenters. The maximum atomic E-state index is 12.4. The summed E-state index contributed by atoms with van der Waals surface area (Å²) in [5, 5.41) is 13.0. The number of carbonyl (C=O) groups excluding carboxylic acids is 2. The molecule has 9 nitrogen and oxygen atoms in total. The number of hydrogen-bond donors (Lipinski definition) is 2. The van der Waals surface area contributed by atoms with Crippen molar-refractivity contribution in [2.75, 3.05) is 32.8 Å². The Bertz CT molecular complexity index is 864. The molecule has 1 fully saturated rings. The first kappa shape index (κ1) is 25.8. The molecule has 1 amide bonds. The van der Waals surface area contributed by atoms with Gasteiger partial charge in [0.1, 0.15) is 11.4 Å². The lowest BCUT2D eigenvalue weighted by molar-refractivity contribution is -0.143. The van der Waals surface area contributed by atoms with Gasteiger partial charge in [0, 0.05) is 13.0 Å². The minimum Gasteiger partial charge on any atom is -0.494 e. The third-order valence-corrected chi connectivity index (χ3v) is 5.55. The van der Waals surface area contributed by atoms with Crippen molar-refractivity contribution >= 4 is 18.0 Å². The monoisotopic (exact) mass is 475 g/mol. The van der Waals surface area contributed by atoms with Crippen LogP contribution in [0, 0.1) is 5.92 Å². The lowest BCUT2D eigenvalue weighted by Gasteiger charge is -2.32. The highest BCUT2D eigenvalue weighted by atomic mass is 16.6. The number of rotatable bonds is 9. The molecule has 0 aromatic heterocycles. The Kier molecular flexibility index (Phi) is 8.77. The van der Waals surface area contributed by atoms with Crippen LogP contribution in [0.15, 0.2) is 29.3 Å². The molecule has 0 radical (unpaired) electrons. The molecular formula is C25H37N3O6. The van der Waals surface area contributed by atoms with Gasteiger partial charge in [-0.05, 0) is 70.1 Å². The van der Waals surface area contributed by atoms with E-state index in [-0.39, 0.29) is 19.1 Å². The molecule has 1 aliphatic heterocycles. The third-order valence-electron chi connectivity index (χ3n) is 5.55. The number of nitrogens with one attached hydrogen (secondary N) is 1. The van der Waals surface area contributed by atoms with Gasteiger partial charge in [0.25, 0.3) is 0 Å². The maximum absolute atomic E-state index is 12.4. The number of aliphatic hydroxyl groups excluding tert-OH is 1. The van der Waals surface area contributed by atoms with Gasteiger partial charge >= 0.3 is 12.1 Å². The fraction of sp³-hybridized carbons (Fsp3) is 0.640. The smallest absolute Gasteiger partial charge is 0.417 e. The number of benzene rings is 1. The summed E-state index contributed by atoms with van der Waals surface area (Å²) in [5.41, 5.74) is 0.595. The van der Waals surface area contributed by atoms with Crippen LogP contribution in [-0.2, 0) is 14.3 Å². The molecule has 2 aliphatic rings. The van der Waals surface area contributed by atoms with Crippen LogP contribution in [-0.4, -0.2) is 72.6 Å². The maximum Gasteiger partial charge on any atom is 0.417 e. The van der Waals surface area contributed by atoms with Gasteiger partial charge in [-0.25, -0.2) is 14.7 Å². The minimum atomic E-state index is -0.708. The van der Waals surface area contributed by atoms with Crippen LogP contribution in [0.4, 0.5) is 4.79 Å². The second-order valence-corrected chi connectivity index (χ2v) is 9.72. The van der Waals surface area contributed by atoms with Gasteiger partial charge in [0.05, 0.1) is 32.4 Å². The number of ether oxygens (including phenoxy) is 3. The topological polar surface area (TPSA) is 110 Å². The Balaban J connectivity index is 1.38. The van der Waals surface area contributed by atoms with Crippen LogP contribution in [0.2, 0.25) is 0 Å². The van der Waals surface area contributed by atoms with E-state index in [4.69, 9.17) is 14.2 Å². The van der Waals surface area contributed by atoms with Crippen LogP contribution < -0.4 is 10.1 Å². The van der Waals surface area contributed by atoms with Crippen LogP contribution in [0.1, 0.15) is 58.4 Å². The van der Waals surface area contributed by atoms with Crippen molar-refractivity contribution in [3.8, 4) is 5.75 Å². The summed E-state index contributed by atoms with van der Waals surface area (Å²) in [7, 11) is 0. The van der Waals surface area contributed by atoms with Gasteiger partial charge in [0.2, 0.25) is 5.96 Å². The van der Waals surface area contributed by atoms with Crippen molar-refractivity contribution in [1.82, 2.24) is 10.2 Å². The molecule has 1 aromatic rings. The van der Waals surface area contributed by atoms with E-state index >= 15 is 0 Å². The van der Waals surface area contributed by atoms with E-state index in [0.29, 0.717) is 50.4 Å². The van der Waals surface area contributed by atoms with E-state index in [1.54, 1.807) is 20.8 Å². The minimum absolute atomic E-state index is 0.117. The highest BCUT2D eigenvalue weighted by molar-refractivity contribution is 5.94. The standard InChI is InChI=1S/C25H37N3O6/c1-5-32-22(30)14-18-13-21(18)17-7-9-20(10-8-17)33-12-6-11-26-23-27-15-19(29)16-28(23)24(31)34-25(2,3)4/h7-10,18-19,21,29H,5-6,11-16H2,1-4H3,(H,26,27). The Morgan fingerprint density at radius 2 is 1.97 bits per heavy atom. The Morgan fingerprint density at radius 3 is 2.65 bits per heavy atom. The molecule has 1 saturated carbocycles. The SMILES string of the molecule is CCOC(=O)CC1CC1c1ccc(OCCCNC2=NCC(O)CN2C(=O)OC(C)(C)C)cc1. The Labute approximate surface area is 201 Å². The van der Waals surface area contributed by atoms with E-state index in [1.807, 2.05) is 19.1 Å². The molecule has 1 heterocycles. The number of nitrogens with zero attached hydrogens (tertiary/aromatic N) is 2. The Morgan fingerprint density at radius 1 is 1.24 bits per heavy atom. The van der Waals surface area contributed by atoms with Gasteiger partial charge < -0.3 is 24.6 Å². The number of hydrogen-bond acceptors (Lipinski definition) is 8. The number of esters is 1. The zero-order valence-electron chi connectivity index (χ0n) is 20.6. The molecular weight excluding hydrogens is 438 g/mol. The largest absolute Gasteiger partial charge is 0.494 e. The highest BCUT2D eigenvalue weighted by Gasteiger charge is 2.39. The van der Waals surface area contributed by atoms with Crippen LogP contribution in [0.3, 0.4) is 0 Å². The molecule has 3 unspecified atom stereocenters. The van der Waals surface area contributed by atoms with Crippen LogP contribution in [0.5, 0.6) is 5.75 Å². The molecule has 0 spiro atoms. The molecule has 1 aliphatic carbocycles. The van der Waals surface area contributed by atoms with Gasteiger partial charge in [-0.2, -0.15) is 0 Å². The number of aliphatic imine (C=N–C) groups is 1. The first-order valence-corrected chi connectivity index (χ1v) is 12.0. The van der Waals surface area contributed by atoms with Crippen molar-refractivity contribution in [3.63, 3.8) is 0 Å². The first-order valence-electron chi connectivity index (χ1n) is 12.0. The highest BCUT2D eigenvalue weighted by Crippen LogP contribution is 2.49. The second kappa shape index (κ2) is 11.6. The quantitative estimate of drug-likeness (QED) is 0.417. The van der Waals surface area contributed by atoms with Crippen molar-refractivity contribution in [2.45, 2.75) is 64.6 Å². The fourth-order valence-electron chi connectivity index (χ4n) is 3.85. The summed E-state index contributed by atoms with van der Waals surface area (Å²) in [6, 6.07) is 8.03. The zero-order chi connectivity index (χ0) is 24.7.